The van der Waals surface area contributed by atoms with Crippen LogP contribution in [0, 0.1) is 21.3 Å². The van der Waals surface area contributed by atoms with E-state index in [1.807, 2.05) is 6.92 Å². The van der Waals surface area contributed by atoms with E-state index in [0.29, 0.717) is 0 Å². The van der Waals surface area contributed by atoms with Gasteiger partial charge in [0, 0.05) is 0 Å². The van der Waals surface area contributed by atoms with Gasteiger partial charge in [-0.05, 0) is 0 Å². The van der Waals surface area contributed by atoms with Gasteiger partial charge in [-0.3, -0.25) is 0 Å². The summed E-state index contributed by atoms with van der Waals surface area (Å²) >= 11 is 0. The third kappa shape index (κ3) is 62.0. The molecule has 0 aromatic heterocycles. The average Bonchev–Trinajstić information content (AvgIpc) is 1.86. The molecule has 0 saturated carbocycles. The standard InChI is InChI=1S/C6H13.C3H7.CH3.Ni/c1-3-5-6-4-2;1-3-2;;/h1,3-6H2,2H3;1,3H2,2H3;1H3;/q3*-1;+3. The molecule has 0 nitrogen and oxygen atoms in total. The summed E-state index contributed by atoms with van der Waals surface area (Å²) in [4.78, 5) is 0. The van der Waals surface area contributed by atoms with Crippen molar-refractivity contribution in [3.63, 3.8) is 0 Å². The topological polar surface area (TPSA) is 0 Å². The van der Waals surface area contributed by atoms with Gasteiger partial charge in [0.25, 0.3) is 0 Å². The van der Waals surface area contributed by atoms with Crippen LogP contribution in [0.15, 0.2) is 0 Å². The van der Waals surface area contributed by atoms with Gasteiger partial charge in [-0.25, -0.2) is 0 Å². The fraction of sp³-hybridized carbons (Fsp3) is 0.700. The minimum Gasteiger partial charge on any atom is -0.358 e. The van der Waals surface area contributed by atoms with Crippen molar-refractivity contribution in [2.24, 2.45) is 0 Å². The van der Waals surface area contributed by atoms with Crippen LogP contribution in [-0.4, -0.2) is 0 Å². The van der Waals surface area contributed by atoms with Crippen molar-refractivity contribution in [2.75, 3.05) is 0 Å². The Balaban J connectivity index is -0.0000000437. The summed E-state index contributed by atoms with van der Waals surface area (Å²) in [6.45, 7) is 11.4. The summed E-state index contributed by atoms with van der Waals surface area (Å²) in [5.74, 6) is 0. The van der Waals surface area contributed by atoms with Gasteiger partial charge in [0.2, 0.25) is 0 Å². The van der Waals surface area contributed by atoms with Crippen LogP contribution in [0.2, 0.25) is 0 Å². The predicted octanol–water partition coefficient (Wildman–Crippen LogP) is 4.08. The first-order valence-electron chi connectivity index (χ1n) is 3.91. The third-order valence-corrected chi connectivity index (χ3v) is 0.854. The second kappa shape index (κ2) is 31.3. The average molecular weight is 202 g/mol. The number of hydrogen-bond donors (Lipinski definition) is 0. The van der Waals surface area contributed by atoms with Crippen molar-refractivity contribution in [2.45, 2.75) is 46.0 Å². The molecule has 0 spiro atoms. The molecule has 0 aliphatic heterocycles. The molecule has 1 heteroatoms. The van der Waals surface area contributed by atoms with Crippen molar-refractivity contribution in [1.82, 2.24) is 0 Å². The molecule has 0 amide bonds. The molecule has 0 aliphatic rings. The quantitative estimate of drug-likeness (QED) is 0.367. The van der Waals surface area contributed by atoms with Crippen LogP contribution in [0.5, 0.6) is 0 Å². The zero-order valence-electron chi connectivity index (χ0n) is 8.27. The first kappa shape index (κ1) is 22.5. The van der Waals surface area contributed by atoms with E-state index in [-0.39, 0.29) is 23.9 Å². The van der Waals surface area contributed by atoms with Crippen molar-refractivity contribution in [1.29, 1.82) is 0 Å². The van der Waals surface area contributed by atoms with Crippen LogP contribution in [0.4, 0.5) is 0 Å². The molecule has 1 radical (unpaired) electrons. The number of hydrogen-bond acceptors (Lipinski definition) is 0. The summed E-state index contributed by atoms with van der Waals surface area (Å²) in [5, 5.41) is 0. The van der Waals surface area contributed by atoms with Gasteiger partial charge < -0.3 is 21.3 Å². The minimum atomic E-state index is 0. The summed E-state index contributed by atoms with van der Waals surface area (Å²) < 4.78 is 0. The van der Waals surface area contributed by atoms with Crippen molar-refractivity contribution >= 4 is 0 Å². The van der Waals surface area contributed by atoms with Gasteiger partial charge in [-0.2, -0.15) is 12.8 Å². The van der Waals surface area contributed by atoms with Crippen molar-refractivity contribution in [3.8, 4) is 0 Å². The molecule has 0 saturated heterocycles. The monoisotopic (exact) mass is 201 g/mol. The molecule has 0 aromatic rings. The third-order valence-electron chi connectivity index (χ3n) is 0.854. The van der Waals surface area contributed by atoms with Gasteiger partial charge in [0.1, 0.15) is 0 Å². The molecular weight excluding hydrogens is 179 g/mol. The van der Waals surface area contributed by atoms with E-state index in [9.17, 15) is 0 Å². The molecule has 0 rings (SSSR count). The molecule has 0 bridgehead atoms. The van der Waals surface area contributed by atoms with Crippen LogP contribution in [0.1, 0.15) is 46.0 Å². The second-order valence-electron chi connectivity index (χ2n) is 2.06. The molecule has 11 heavy (non-hydrogen) atoms. The summed E-state index contributed by atoms with van der Waals surface area (Å²) in [6.07, 6.45) is 6.07. The van der Waals surface area contributed by atoms with E-state index < -0.39 is 0 Å². The first-order chi connectivity index (χ1) is 4.33. The molecule has 0 fully saturated rings. The maximum Gasteiger partial charge on any atom is 3.00 e. The fourth-order valence-electron chi connectivity index (χ4n) is 0.427. The minimum absolute atomic E-state index is 0. The van der Waals surface area contributed by atoms with Gasteiger partial charge >= 0.3 is 16.5 Å². The maximum absolute atomic E-state index is 3.72. The molecule has 0 N–H and O–H groups in total. The zero-order valence-corrected chi connectivity index (χ0v) is 9.25. The molecular formula is C10H23Ni. The Morgan fingerprint density at radius 1 is 1.00 bits per heavy atom. The Labute approximate surface area is 84.1 Å². The zero-order chi connectivity index (χ0) is 7.54. The summed E-state index contributed by atoms with van der Waals surface area (Å²) in [5.41, 5.74) is 0. The molecule has 0 atom stereocenters. The van der Waals surface area contributed by atoms with Crippen LogP contribution >= 0.6 is 0 Å². The molecule has 0 aliphatic carbocycles. The van der Waals surface area contributed by atoms with Gasteiger partial charge in [0.15, 0.2) is 0 Å². The Bertz CT molecular complexity index is 24.1. The first-order valence-corrected chi connectivity index (χ1v) is 3.91. The van der Waals surface area contributed by atoms with Crippen LogP contribution in [0.25, 0.3) is 0 Å². The van der Waals surface area contributed by atoms with Gasteiger partial charge in [0.05, 0.1) is 0 Å². The van der Waals surface area contributed by atoms with E-state index in [0.717, 1.165) is 12.8 Å². The van der Waals surface area contributed by atoms with E-state index >= 15 is 0 Å². The second-order valence-corrected chi connectivity index (χ2v) is 2.06. The SMILES string of the molecule is [CH2-]CC.[CH2-]CCCCC.[CH3-].[Ni+3]. The summed E-state index contributed by atoms with van der Waals surface area (Å²) in [7, 11) is 0. The molecule has 73 valence electrons. The normalized spacial score (nSPS) is 6.55. The van der Waals surface area contributed by atoms with E-state index in [1.165, 1.54) is 19.3 Å². The Hall–Kier alpha value is 0.494. The Kier molecular flexibility index (Phi) is 64.2. The van der Waals surface area contributed by atoms with E-state index in [4.69, 9.17) is 0 Å². The van der Waals surface area contributed by atoms with Crippen molar-refractivity contribution in [3.05, 3.63) is 21.3 Å². The largest absolute Gasteiger partial charge is 3.00 e. The van der Waals surface area contributed by atoms with Crippen LogP contribution in [0.3, 0.4) is 0 Å². The predicted molar refractivity (Wildman–Crippen MR) is 51.6 cm³/mol. The molecule has 0 aromatic carbocycles. The molecule has 0 heterocycles. The number of rotatable bonds is 3. The smallest absolute Gasteiger partial charge is 0.358 e. The Morgan fingerprint density at radius 2 is 1.36 bits per heavy atom. The van der Waals surface area contributed by atoms with E-state index in [1.54, 1.807) is 0 Å². The van der Waals surface area contributed by atoms with Crippen LogP contribution in [-0.2, 0) is 16.5 Å². The number of unbranched alkanes of at least 4 members (excludes halogenated alkanes) is 3. The van der Waals surface area contributed by atoms with Crippen molar-refractivity contribution < 1.29 is 16.5 Å². The summed E-state index contributed by atoms with van der Waals surface area (Å²) in [6, 6.07) is 0. The van der Waals surface area contributed by atoms with Crippen LogP contribution < -0.4 is 0 Å². The fourth-order valence-corrected chi connectivity index (χ4v) is 0.427. The maximum atomic E-state index is 3.72. The molecule has 0 unspecified atom stereocenters. The van der Waals surface area contributed by atoms with Gasteiger partial charge in [-0.1, -0.05) is 33.1 Å². The van der Waals surface area contributed by atoms with E-state index in [2.05, 4.69) is 20.8 Å². The van der Waals surface area contributed by atoms with Gasteiger partial charge in [-0.15, -0.1) is 0 Å². The Morgan fingerprint density at radius 3 is 1.45 bits per heavy atom.